The zero-order chi connectivity index (χ0) is 15.3. The summed E-state index contributed by atoms with van der Waals surface area (Å²) in [6, 6.07) is 8.62. The van der Waals surface area contributed by atoms with Gasteiger partial charge in [0.1, 0.15) is 0 Å². The van der Waals surface area contributed by atoms with Crippen LogP contribution in [0, 0.1) is 0 Å². The van der Waals surface area contributed by atoms with Gasteiger partial charge < -0.3 is 5.11 Å². The van der Waals surface area contributed by atoms with Crippen molar-refractivity contribution in [3.63, 3.8) is 0 Å². The fourth-order valence-corrected chi connectivity index (χ4v) is 3.86. The molecule has 1 aliphatic rings. The average molecular weight is 311 g/mol. The van der Waals surface area contributed by atoms with Crippen LogP contribution in [-0.4, -0.2) is 49.6 Å². The van der Waals surface area contributed by atoms with Crippen LogP contribution < -0.4 is 0 Å². The summed E-state index contributed by atoms with van der Waals surface area (Å²) >= 11 is 0. The van der Waals surface area contributed by atoms with Gasteiger partial charge in [-0.15, -0.1) is 0 Å². The molecule has 1 aromatic carbocycles. The first kappa shape index (κ1) is 16.5. The normalized spacial score (nSPS) is 18.7. The van der Waals surface area contributed by atoms with Crippen LogP contribution in [0.25, 0.3) is 0 Å². The molecule has 0 heterocycles. The fraction of sp³-hybridized carbons (Fsp3) is 0.625. The molecule has 0 saturated carbocycles. The highest BCUT2D eigenvalue weighted by Crippen LogP contribution is 2.33. The number of sulfone groups is 1. The molecule has 21 heavy (non-hydrogen) atoms. The lowest BCUT2D eigenvalue weighted by Gasteiger charge is -2.35. The van der Waals surface area contributed by atoms with Gasteiger partial charge in [-0.1, -0.05) is 31.2 Å². The first-order valence-corrected chi connectivity index (χ1v) is 9.52. The third-order valence-electron chi connectivity index (χ3n) is 4.30. The van der Waals surface area contributed by atoms with Gasteiger partial charge in [0.05, 0.1) is 12.4 Å². The molecule has 0 aromatic heterocycles. The van der Waals surface area contributed by atoms with E-state index in [4.69, 9.17) is 0 Å². The predicted molar refractivity (Wildman–Crippen MR) is 85.1 cm³/mol. The molecule has 0 fully saturated rings. The molecule has 1 aromatic rings. The number of aryl methyl sites for hydroxylation is 1. The second kappa shape index (κ2) is 7.38. The number of hydrogen-bond acceptors (Lipinski definition) is 4. The van der Waals surface area contributed by atoms with Crippen LogP contribution in [0.15, 0.2) is 24.3 Å². The highest BCUT2D eigenvalue weighted by atomic mass is 32.2. The second-order valence-electron chi connectivity index (χ2n) is 5.60. The Balaban J connectivity index is 2.15. The Morgan fingerprint density at radius 1 is 1.29 bits per heavy atom. The van der Waals surface area contributed by atoms with E-state index in [1.807, 2.05) is 6.07 Å². The van der Waals surface area contributed by atoms with Gasteiger partial charge in [-0.05, 0) is 30.4 Å². The summed E-state index contributed by atoms with van der Waals surface area (Å²) in [4.78, 5) is 2.13. The van der Waals surface area contributed by atoms with Crippen LogP contribution in [0.4, 0.5) is 0 Å². The Hall–Kier alpha value is -0.910. The van der Waals surface area contributed by atoms with E-state index in [2.05, 4.69) is 23.1 Å². The highest BCUT2D eigenvalue weighted by molar-refractivity contribution is 7.91. The molecule has 1 unspecified atom stereocenters. The lowest BCUT2D eigenvalue weighted by atomic mass is 9.87. The molecule has 118 valence electrons. The highest BCUT2D eigenvalue weighted by Gasteiger charge is 2.26. The summed E-state index contributed by atoms with van der Waals surface area (Å²) in [7, 11) is -2.97. The third-order valence-corrected chi connectivity index (χ3v) is 5.98. The molecule has 0 aliphatic heterocycles. The monoisotopic (exact) mass is 311 g/mol. The van der Waals surface area contributed by atoms with Crippen molar-refractivity contribution >= 4 is 9.84 Å². The maximum absolute atomic E-state index is 11.7. The topological polar surface area (TPSA) is 57.6 Å². The zero-order valence-corrected chi connectivity index (χ0v) is 13.5. The van der Waals surface area contributed by atoms with Gasteiger partial charge in [0.25, 0.3) is 0 Å². The van der Waals surface area contributed by atoms with E-state index in [0.29, 0.717) is 13.1 Å². The maximum Gasteiger partial charge on any atom is 0.151 e. The van der Waals surface area contributed by atoms with Crippen molar-refractivity contribution in [2.24, 2.45) is 0 Å². The van der Waals surface area contributed by atoms with E-state index >= 15 is 0 Å². The lowest BCUT2D eigenvalue weighted by molar-refractivity contribution is 0.146. The van der Waals surface area contributed by atoms with Crippen molar-refractivity contribution < 1.29 is 13.5 Å². The van der Waals surface area contributed by atoms with E-state index in [9.17, 15) is 13.5 Å². The minimum absolute atomic E-state index is 0.0604. The van der Waals surface area contributed by atoms with Gasteiger partial charge in [-0.3, -0.25) is 4.90 Å². The van der Waals surface area contributed by atoms with Crippen molar-refractivity contribution in [3.8, 4) is 0 Å². The van der Waals surface area contributed by atoms with Crippen LogP contribution >= 0.6 is 0 Å². The molecule has 0 amide bonds. The van der Waals surface area contributed by atoms with Gasteiger partial charge in [-0.25, -0.2) is 8.42 Å². The minimum Gasteiger partial charge on any atom is -0.395 e. The molecule has 1 aliphatic carbocycles. The third kappa shape index (κ3) is 4.28. The molecule has 0 radical (unpaired) electrons. The summed E-state index contributed by atoms with van der Waals surface area (Å²) in [5, 5.41) is 9.31. The summed E-state index contributed by atoms with van der Waals surface area (Å²) in [5.41, 5.74) is 2.65. The molecular weight excluding hydrogens is 286 g/mol. The Morgan fingerprint density at radius 3 is 2.76 bits per heavy atom. The van der Waals surface area contributed by atoms with Gasteiger partial charge in [0, 0.05) is 24.9 Å². The van der Waals surface area contributed by atoms with Crippen LogP contribution in [-0.2, 0) is 16.3 Å². The predicted octanol–water partition coefficient (Wildman–Crippen LogP) is 1.79. The Kier molecular flexibility index (Phi) is 5.79. The first-order chi connectivity index (χ1) is 10.1. The largest absolute Gasteiger partial charge is 0.395 e. The van der Waals surface area contributed by atoms with Crippen LogP contribution in [0.1, 0.15) is 36.9 Å². The molecule has 0 bridgehead atoms. The molecule has 0 saturated heterocycles. The zero-order valence-electron chi connectivity index (χ0n) is 12.7. The molecule has 0 spiro atoms. The Morgan fingerprint density at radius 2 is 2.05 bits per heavy atom. The van der Waals surface area contributed by atoms with Crippen molar-refractivity contribution in [2.45, 2.75) is 32.2 Å². The minimum atomic E-state index is -2.97. The molecular formula is C16H25NO3S. The van der Waals surface area contributed by atoms with Crippen LogP contribution in [0.2, 0.25) is 0 Å². The molecule has 4 nitrogen and oxygen atoms in total. The molecule has 2 rings (SSSR count). The number of aliphatic hydroxyl groups is 1. The lowest BCUT2D eigenvalue weighted by Crippen LogP contribution is -2.37. The van der Waals surface area contributed by atoms with Crippen molar-refractivity contribution in [2.75, 3.05) is 31.2 Å². The Labute approximate surface area is 127 Å². The SMILES string of the molecule is CCS(=O)(=O)CCN(CCO)C1CCCc2ccccc21. The maximum atomic E-state index is 11.7. The molecule has 1 N–H and O–H groups in total. The van der Waals surface area contributed by atoms with E-state index < -0.39 is 9.84 Å². The van der Waals surface area contributed by atoms with E-state index in [0.717, 1.165) is 19.3 Å². The summed E-state index contributed by atoms with van der Waals surface area (Å²) < 4.78 is 23.5. The molecule has 5 heteroatoms. The summed E-state index contributed by atoms with van der Waals surface area (Å²) in [6.45, 7) is 2.76. The number of rotatable bonds is 7. The van der Waals surface area contributed by atoms with Crippen molar-refractivity contribution in [1.29, 1.82) is 0 Å². The van der Waals surface area contributed by atoms with E-state index in [-0.39, 0.29) is 24.2 Å². The second-order valence-corrected chi connectivity index (χ2v) is 8.08. The van der Waals surface area contributed by atoms with Crippen LogP contribution in [0.3, 0.4) is 0 Å². The van der Waals surface area contributed by atoms with Gasteiger partial charge >= 0.3 is 0 Å². The standard InChI is InChI=1S/C16H25NO3S/c1-2-21(19,20)13-11-17(10-12-18)16-9-5-7-14-6-3-4-8-15(14)16/h3-4,6,8,16,18H,2,5,7,9-13H2,1H3. The Bertz CT molecular complexity index is 556. The van der Waals surface area contributed by atoms with E-state index in [1.54, 1.807) is 6.92 Å². The number of hydrogen-bond donors (Lipinski definition) is 1. The average Bonchev–Trinajstić information content (AvgIpc) is 2.51. The fourth-order valence-electron chi connectivity index (χ4n) is 3.06. The number of fused-ring (bicyclic) bond motifs is 1. The van der Waals surface area contributed by atoms with E-state index in [1.165, 1.54) is 11.1 Å². The summed E-state index contributed by atoms with van der Waals surface area (Å²) in [6.07, 6.45) is 3.24. The van der Waals surface area contributed by atoms with Crippen LogP contribution in [0.5, 0.6) is 0 Å². The quantitative estimate of drug-likeness (QED) is 0.834. The van der Waals surface area contributed by atoms with Gasteiger partial charge in [0.15, 0.2) is 9.84 Å². The number of benzene rings is 1. The first-order valence-electron chi connectivity index (χ1n) is 7.70. The smallest absolute Gasteiger partial charge is 0.151 e. The van der Waals surface area contributed by atoms with Gasteiger partial charge in [0.2, 0.25) is 0 Å². The molecule has 1 atom stereocenters. The summed E-state index contributed by atoms with van der Waals surface area (Å²) in [5.74, 6) is 0.351. The number of nitrogens with zero attached hydrogens (tertiary/aromatic N) is 1. The van der Waals surface area contributed by atoms with Gasteiger partial charge in [-0.2, -0.15) is 0 Å². The number of aliphatic hydroxyl groups excluding tert-OH is 1. The van der Waals surface area contributed by atoms with Crippen molar-refractivity contribution in [3.05, 3.63) is 35.4 Å². The van der Waals surface area contributed by atoms with Crippen molar-refractivity contribution in [1.82, 2.24) is 4.90 Å².